The first-order valence-corrected chi connectivity index (χ1v) is 18.7. The Morgan fingerprint density at radius 2 is 0.700 bits per heavy atom. The summed E-state index contributed by atoms with van der Waals surface area (Å²) in [6, 6.07) is 62.8. The minimum absolute atomic E-state index is 1.24. The molecule has 2 aromatic heterocycles. The van der Waals surface area contributed by atoms with Gasteiger partial charge in [0.1, 0.15) is 0 Å². The molecule has 0 aliphatic carbocycles. The fraction of sp³-hybridized carbons (Fsp3) is 0. The Balaban J connectivity index is 1.08. The van der Waals surface area contributed by atoms with Gasteiger partial charge in [-0.15, -0.1) is 22.7 Å². The zero-order valence-electron chi connectivity index (χ0n) is 27.0. The van der Waals surface area contributed by atoms with E-state index in [1.165, 1.54) is 106 Å². The monoisotopic (exact) mass is 668 g/mol. The van der Waals surface area contributed by atoms with Gasteiger partial charge >= 0.3 is 0 Å². The summed E-state index contributed by atoms with van der Waals surface area (Å²) < 4.78 is 5.46. The predicted molar refractivity (Wildman–Crippen MR) is 221 cm³/mol. The molecule has 0 bridgehead atoms. The van der Waals surface area contributed by atoms with Crippen molar-refractivity contribution < 1.29 is 0 Å². The number of benzene rings is 9. The second kappa shape index (κ2) is 10.9. The predicted octanol–water partition coefficient (Wildman–Crippen LogP) is 14.9. The van der Waals surface area contributed by atoms with Gasteiger partial charge in [0.25, 0.3) is 0 Å². The molecule has 0 N–H and O–H groups in total. The summed E-state index contributed by atoms with van der Waals surface area (Å²) in [5.41, 5.74) is 7.58. The first-order valence-electron chi connectivity index (χ1n) is 17.1. The second-order valence-electron chi connectivity index (χ2n) is 13.2. The molecule has 0 saturated heterocycles. The maximum Gasteiger partial charge on any atom is 0.0540 e. The molecule has 2 heterocycles. The van der Waals surface area contributed by atoms with Crippen LogP contribution in [0, 0.1) is 0 Å². The van der Waals surface area contributed by atoms with E-state index in [1.54, 1.807) is 0 Å². The molecule has 0 nitrogen and oxygen atoms in total. The summed E-state index contributed by atoms with van der Waals surface area (Å²) in [5, 5.41) is 13.3. The Hall–Kier alpha value is -5.80. The smallest absolute Gasteiger partial charge is 0.0540 e. The third kappa shape index (κ3) is 4.16. The van der Waals surface area contributed by atoms with Crippen molar-refractivity contribution >= 4 is 95.3 Å². The van der Waals surface area contributed by atoms with Gasteiger partial charge in [0.15, 0.2) is 0 Å². The summed E-state index contributed by atoms with van der Waals surface area (Å²) in [5.74, 6) is 0. The van der Waals surface area contributed by atoms with Gasteiger partial charge in [-0.25, -0.2) is 0 Å². The fourth-order valence-electron chi connectivity index (χ4n) is 8.11. The Bertz CT molecular complexity index is 3130. The minimum Gasteiger partial charge on any atom is -0.134 e. The van der Waals surface area contributed by atoms with Crippen LogP contribution in [-0.2, 0) is 0 Å². The first kappa shape index (κ1) is 28.1. The molecular weight excluding hydrogens is 641 g/mol. The van der Waals surface area contributed by atoms with Crippen molar-refractivity contribution in [3.8, 4) is 33.4 Å². The number of hydrogen-bond acceptors (Lipinski definition) is 2. The molecule has 0 aliphatic heterocycles. The van der Waals surface area contributed by atoms with Gasteiger partial charge in [0.2, 0.25) is 0 Å². The average Bonchev–Trinajstić information content (AvgIpc) is 3.76. The van der Waals surface area contributed by atoms with Crippen molar-refractivity contribution in [3.05, 3.63) is 170 Å². The molecule has 0 fully saturated rings. The van der Waals surface area contributed by atoms with Gasteiger partial charge < -0.3 is 0 Å². The molecule has 0 amide bonds. The third-order valence-electron chi connectivity index (χ3n) is 10.5. The van der Waals surface area contributed by atoms with Crippen molar-refractivity contribution in [2.75, 3.05) is 0 Å². The van der Waals surface area contributed by atoms with E-state index in [-0.39, 0.29) is 0 Å². The van der Waals surface area contributed by atoms with E-state index in [9.17, 15) is 0 Å². The van der Waals surface area contributed by atoms with E-state index < -0.39 is 0 Å². The summed E-state index contributed by atoms with van der Waals surface area (Å²) in [4.78, 5) is 0. The van der Waals surface area contributed by atoms with E-state index >= 15 is 0 Å². The van der Waals surface area contributed by atoms with Gasteiger partial charge in [-0.1, -0.05) is 158 Å². The molecule has 2 heteroatoms. The largest absolute Gasteiger partial charge is 0.134 e. The highest BCUT2D eigenvalue weighted by molar-refractivity contribution is 7.33. The Morgan fingerprint density at radius 3 is 1.28 bits per heavy atom. The lowest BCUT2D eigenvalue weighted by Crippen LogP contribution is -1.83. The van der Waals surface area contributed by atoms with E-state index in [0.29, 0.717) is 0 Å². The number of rotatable bonds is 3. The highest BCUT2D eigenvalue weighted by Gasteiger charge is 2.19. The van der Waals surface area contributed by atoms with E-state index in [0.717, 1.165) is 0 Å². The Morgan fingerprint density at radius 1 is 0.280 bits per heavy atom. The van der Waals surface area contributed by atoms with Crippen molar-refractivity contribution in [2.45, 2.75) is 0 Å². The summed E-state index contributed by atoms with van der Waals surface area (Å²) in [7, 11) is 0. The lowest BCUT2D eigenvalue weighted by molar-refractivity contribution is 1.63. The van der Waals surface area contributed by atoms with Crippen LogP contribution in [0.25, 0.3) is 106 Å². The Kier molecular flexibility index (Phi) is 6.09. The minimum atomic E-state index is 1.24. The summed E-state index contributed by atoms with van der Waals surface area (Å²) in [6.45, 7) is 0. The molecule has 0 atom stereocenters. The third-order valence-corrected chi connectivity index (χ3v) is 12.9. The van der Waals surface area contributed by atoms with Crippen LogP contribution in [0.15, 0.2) is 170 Å². The SMILES string of the molecule is c1ccc2c(-c3ccc(-c4ccc5c(c4)sc4c6sc7cc(-c8cccc9ccccc89)ccc7c6c6ccccc6c54)cc3)cccc2c1. The zero-order chi connectivity index (χ0) is 32.8. The fourth-order valence-corrected chi connectivity index (χ4v) is 10.8. The highest BCUT2D eigenvalue weighted by atomic mass is 32.1. The van der Waals surface area contributed by atoms with Crippen molar-refractivity contribution in [2.24, 2.45) is 0 Å². The van der Waals surface area contributed by atoms with Gasteiger partial charge in [0.05, 0.1) is 9.40 Å². The molecule has 11 rings (SSSR count). The molecular formula is C48H28S2. The van der Waals surface area contributed by atoms with Crippen molar-refractivity contribution in [1.82, 2.24) is 0 Å². The molecule has 11 aromatic rings. The molecule has 0 radical (unpaired) electrons. The molecule has 232 valence electrons. The van der Waals surface area contributed by atoms with Gasteiger partial charge in [-0.05, 0) is 77.8 Å². The average molecular weight is 669 g/mol. The number of fused-ring (bicyclic) bond motifs is 12. The van der Waals surface area contributed by atoms with Gasteiger partial charge in [-0.2, -0.15) is 0 Å². The molecule has 9 aromatic carbocycles. The molecule has 0 spiro atoms. The zero-order valence-corrected chi connectivity index (χ0v) is 28.6. The second-order valence-corrected chi connectivity index (χ2v) is 15.3. The van der Waals surface area contributed by atoms with Gasteiger partial charge in [-0.3, -0.25) is 0 Å². The van der Waals surface area contributed by atoms with Crippen molar-refractivity contribution in [3.63, 3.8) is 0 Å². The molecule has 50 heavy (non-hydrogen) atoms. The van der Waals surface area contributed by atoms with Crippen LogP contribution in [0.1, 0.15) is 0 Å². The van der Waals surface area contributed by atoms with Crippen LogP contribution in [0.3, 0.4) is 0 Å². The van der Waals surface area contributed by atoms with Crippen LogP contribution in [0.5, 0.6) is 0 Å². The lowest BCUT2D eigenvalue weighted by atomic mass is 9.95. The highest BCUT2D eigenvalue weighted by Crippen LogP contribution is 2.50. The number of thiophene rings is 2. The van der Waals surface area contributed by atoms with Crippen molar-refractivity contribution in [1.29, 1.82) is 0 Å². The van der Waals surface area contributed by atoms with Crippen LogP contribution in [0.2, 0.25) is 0 Å². The summed E-state index contributed by atoms with van der Waals surface area (Å²) >= 11 is 3.89. The quantitative estimate of drug-likeness (QED) is 0.176. The van der Waals surface area contributed by atoms with Crippen LogP contribution < -0.4 is 0 Å². The van der Waals surface area contributed by atoms with E-state index in [2.05, 4.69) is 170 Å². The number of hydrogen-bond donors (Lipinski definition) is 0. The standard InChI is InChI=1S/C48H28S2/c1-3-13-35-30(9-1)11-7-17-37(35)32-21-19-29(20-22-32)33-23-25-41-43(27-33)49-47-45(41)39-15-5-6-16-40(39)46-42-26-24-34(28-44(42)50-48(46)47)38-18-8-12-31-10-2-4-14-36(31)38/h1-28H. The van der Waals surface area contributed by atoms with Crippen LogP contribution in [-0.4, -0.2) is 0 Å². The van der Waals surface area contributed by atoms with Crippen LogP contribution in [0.4, 0.5) is 0 Å². The molecule has 0 aliphatic rings. The maximum absolute atomic E-state index is 2.41. The topological polar surface area (TPSA) is 0 Å². The maximum atomic E-state index is 2.41. The molecule has 0 unspecified atom stereocenters. The first-order chi connectivity index (χ1) is 24.8. The van der Waals surface area contributed by atoms with E-state index in [4.69, 9.17) is 0 Å². The molecule has 0 saturated carbocycles. The van der Waals surface area contributed by atoms with Gasteiger partial charge in [0, 0.05) is 30.9 Å². The normalized spacial score (nSPS) is 12.0. The Labute approximate surface area is 297 Å². The summed E-state index contributed by atoms with van der Waals surface area (Å²) in [6.07, 6.45) is 0. The van der Waals surface area contributed by atoms with E-state index in [1.807, 2.05) is 22.7 Å². The van der Waals surface area contributed by atoms with Crippen LogP contribution >= 0.6 is 22.7 Å². The lowest BCUT2D eigenvalue weighted by Gasteiger charge is -2.09.